The maximum absolute atomic E-state index is 12.7. The lowest BCUT2D eigenvalue weighted by molar-refractivity contribution is -0.0495. The lowest BCUT2D eigenvalue weighted by Crippen LogP contribution is -2.44. The number of hydrogen-bond donors (Lipinski definition) is 2. The zero-order chi connectivity index (χ0) is 21.3. The number of nitrogens with zero attached hydrogens (tertiary/aromatic N) is 3. The van der Waals surface area contributed by atoms with Crippen molar-refractivity contribution in [3.63, 3.8) is 0 Å². The molecule has 3 rings (SSSR count). The predicted octanol–water partition coefficient (Wildman–Crippen LogP) is 3.03. The van der Waals surface area contributed by atoms with Crippen LogP contribution in [0.25, 0.3) is 0 Å². The van der Waals surface area contributed by atoms with E-state index in [0.717, 1.165) is 25.2 Å². The van der Waals surface area contributed by atoms with Crippen molar-refractivity contribution in [2.75, 3.05) is 31.6 Å². The van der Waals surface area contributed by atoms with Gasteiger partial charge in [0.1, 0.15) is 5.75 Å². The van der Waals surface area contributed by atoms with Gasteiger partial charge in [0.25, 0.3) is 0 Å². The van der Waals surface area contributed by atoms with E-state index < -0.39 is 6.61 Å². The zero-order valence-corrected chi connectivity index (χ0v) is 17.1. The maximum Gasteiger partial charge on any atom is 0.387 e. The molecule has 0 bridgehead atoms. The number of guanidine groups is 1. The Morgan fingerprint density at radius 1 is 1.27 bits per heavy atom. The van der Waals surface area contributed by atoms with Gasteiger partial charge in [-0.15, -0.1) is 0 Å². The van der Waals surface area contributed by atoms with Gasteiger partial charge in [-0.05, 0) is 31.5 Å². The highest BCUT2D eigenvalue weighted by molar-refractivity contribution is 5.80. The van der Waals surface area contributed by atoms with Crippen LogP contribution in [0.2, 0.25) is 0 Å². The van der Waals surface area contributed by atoms with Crippen LogP contribution in [0.15, 0.2) is 47.5 Å². The van der Waals surface area contributed by atoms with Crippen LogP contribution >= 0.6 is 0 Å². The molecule has 0 saturated carbocycles. The molecule has 1 atom stereocenters. The van der Waals surface area contributed by atoms with E-state index in [1.54, 1.807) is 31.4 Å². The fourth-order valence-corrected chi connectivity index (χ4v) is 3.34. The first-order valence-electron chi connectivity index (χ1n) is 9.92. The minimum Gasteiger partial charge on any atom is -0.481 e. The molecule has 7 nitrogen and oxygen atoms in total. The summed E-state index contributed by atoms with van der Waals surface area (Å²) in [6.45, 7) is 1.68. The van der Waals surface area contributed by atoms with Gasteiger partial charge in [-0.2, -0.15) is 8.78 Å². The smallest absolute Gasteiger partial charge is 0.387 e. The molecule has 9 heteroatoms. The number of aromatic nitrogens is 1. The van der Waals surface area contributed by atoms with Gasteiger partial charge in [0.15, 0.2) is 5.96 Å². The Hall–Kier alpha value is -3.10. The normalized spacial score (nSPS) is 16.6. The average Bonchev–Trinajstić information content (AvgIpc) is 3.20. The molecule has 0 amide bonds. The van der Waals surface area contributed by atoms with E-state index in [1.165, 1.54) is 0 Å². The van der Waals surface area contributed by atoms with Crippen LogP contribution < -0.4 is 25.0 Å². The SMILES string of the molecule is CCNC(=NCc1cccc(OC)n1)NC1CCN(c2ccccc2OC(F)F)C1. The van der Waals surface area contributed by atoms with Gasteiger partial charge in [-0.3, -0.25) is 0 Å². The summed E-state index contributed by atoms with van der Waals surface area (Å²) < 4.78 is 35.2. The summed E-state index contributed by atoms with van der Waals surface area (Å²) in [5.41, 5.74) is 1.47. The van der Waals surface area contributed by atoms with Crippen molar-refractivity contribution in [3.8, 4) is 11.6 Å². The largest absolute Gasteiger partial charge is 0.481 e. The molecule has 1 aromatic heterocycles. The van der Waals surface area contributed by atoms with Crippen LogP contribution in [0.3, 0.4) is 0 Å². The second-order valence-corrected chi connectivity index (χ2v) is 6.79. The predicted molar refractivity (Wildman–Crippen MR) is 112 cm³/mol. The van der Waals surface area contributed by atoms with Gasteiger partial charge >= 0.3 is 6.61 Å². The first-order valence-corrected chi connectivity index (χ1v) is 9.92. The Morgan fingerprint density at radius 3 is 2.87 bits per heavy atom. The number of rotatable bonds is 8. The van der Waals surface area contributed by atoms with Crippen molar-refractivity contribution < 1.29 is 18.3 Å². The standard InChI is InChI=1S/C21H27F2N5O2/c1-3-24-21(25-13-15-7-6-10-19(26-15)29-2)27-16-11-12-28(14-16)17-8-4-5-9-18(17)30-20(22)23/h4-10,16,20H,3,11-14H2,1-2H3,(H2,24,25,27). The molecule has 2 heterocycles. The molecule has 0 spiro atoms. The highest BCUT2D eigenvalue weighted by Crippen LogP contribution is 2.31. The number of benzene rings is 1. The molecule has 162 valence electrons. The summed E-state index contributed by atoms with van der Waals surface area (Å²) in [6, 6.07) is 12.6. The summed E-state index contributed by atoms with van der Waals surface area (Å²) in [5.74, 6) is 1.43. The molecule has 0 radical (unpaired) electrons. The van der Waals surface area contributed by atoms with Gasteiger partial charge in [0.05, 0.1) is 25.0 Å². The summed E-state index contributed by atoms with van der Waals surface area (Å²) in [5, 5.41) is 6.66. The minimum absolute atomic E-state index is 0.126. The number of pyridine rings is 1. The third-order valence-electron chi connectivity index (χ3n) is 4.68. The molecule has 1 aliphatic rings. The number of ether oxygens (including phenoxy) is 2. The monoisotopic (exact) mass is 419 g/mol. The highest BCUT2D eigenvalue weighted by Gasteiger charge is 2.26. The number of para-hydroxylation sites is 2. The van der Waals surface area contributed by atoms with Crippen LogP contribution in [0, 0.1) is 0 Å². The molecular formula is C21H27F2N5O2. The van der Waals surface area contributed by atoms with Crippen LogP contribution in [-0.4, -0.2) is 50.3 Å². The summed E-state index contributed by atoms with van der Waals surface area (Å²) in [4.78, 5) is 11.0. The molecule has 1 saturated heterocycles. The van der Waals surface area contributed by atoms with Gasteiger partial charge in [-0.1, -0.05) is 18.2 Å². The fourth-order valence-electron chi connectivity index (χ4n) is 3.34. The average molecular weight is 419 g/mol. The molecule has 1 aliphatic heterocycles. The van der Waals surface area contributed by atoms with Crippen molar-refractivity contribution >= 4 is 11.6 Å². The first-order chi connectivity index (χ1) is 14.6. The topological polar surface area (TPSA) is 71.0 Å². The Morgan fingerprint density at radius 2 is 2.10 bits per heavy atom. The number of hydrogen-bond acceptors (Lipinski definition) is 5. The molecule has 1 fully saturated rings. The number of alkyl halides is 2. The molecular weight excluding hydrogens is 392 g/mol. The van der Waals surface area contributed by atoms with Crippen LogP contribution in [0.1, 0.15) is 19.0 Å². The number of anilines is 1. The van der Waals surface area contributed by atoms with Crippen LogP contribution in [-0.2, 0) is 6.54 Å². The lowest BCUT2D eigenvalue weighted by Gasteiger charge is -2.22. The van der Waals surface area contributed by atoms with Gasteiger partial charge < -0.3 is 25.0 Å². The van der Waals surface area contributed by atoms with E-state index in [4.69, 9.17) is 4.74 Å². The van der Waals surface area contributed by atoms with E-state index in [0.29, 0.717) is 30.6 Å². The fraction of sp³-hybridized carbons (Fsp3) is 0.429. The summed E-state index contributed by atoms with van der Waals surface area (Å²) in [7, 11) is 1.58. The van der Waals surface area contributed by atoms with Gasteiger partial charge in [0, 0.05) is 31.7 Å². The highest BCUT2D eigenvalue weighted by atomic mass is 19.3. The van der Waals surface area contributed by atoms with E-state index in [2.05, 4.69) is 25.3 Å². The Kier molecular flexibility index (Phi) is 7.64. The quantitative estimate of drug-likeness (QED) is 0.506. The Labute approximate surface area is 175 Å². The van der Waals surface area contributed by atoms with Crippen LogP contribution in [0.5, 0.6) is 11.6 Å². The maximum atomic E-state index is 12.7. The molecule has 0 aliphatic carbocycles. The number of halogens is 2. The van der Waals surface area contributed by atoms with Crippen molar-refractivity contribution in [3.05, 3.63) is 48.2 Å². The third kappa shape index (κ3) is 5.95. The Bertz CT molecular complexity index is 850. The molecule has 1 aromatic carbocycles. The lowest BCUT2D eigenvalue weighted by atomic mass is 10.2. The second-order valence-electron chi connectivity index (χ2n) is 6.79. The van der Waals surface area contributed by atoms with Crippen LogP contribution in [0.4, 0.5) is 14.5 Å². The van der Waals surface area contributed by atoms with Gasteiger partial charge in [-0.25, -0.2) is 9.98 Å². The zero-order valence-electron chi connectivity index (χ0n) is 17.1. The van der Waals surface area contributed by atoms with E-state index >= 15 is 0 Å². The van der Waals surface area contributed by atoms with E-state index in [9.17, 15) is 8.78 Å². The number of methoxy groups -OCH3 is 1. The molecule has 1 unspecified atom stereocenters. The first kappa shape index (κ1) is 21.6. The summed E-state index contributed by atoms with van der Waals surface area (Å²) >= 11 is 0. The molecule has 2 N–H and O–H groups in total. The minimum atomic E-state index is -2.85. The second kappa shape index (κ2) is 10.6. The van der Waals surface area contributed by atoms with Crippen molar-refractivity contribution in [2.24, 2.45) is 4.99 Å². The molecule has 2 aromatic rings. The van der Waals surface area contributed by atoms with Gasteiger partial charge in [0.2, 0.25) is 5.88 Å². The van der Waals surface area contributed by atoms with E-state index in [1.807, 2.05) is 30.0 Å². The van der Waals surface area contributed by atoms with Crippen molar-refractivity contribution in [1.82, 2.24) is 15.6 Å². The number of nitrogens with one attached hydrogen (secondary N) is 2. The van der Waals surface area contributed by atoms with Crippen molar-refractivity contribution in [1.29, 1.82) is 0 Å². The van der Waals surface area contributed by atoms with Crippen molar-refractivity contribution in [2.45, 2.75) is 32.5 Å². The number of aliphatic imine (C=N–C) groups is 1. The summed E-state index contributed by atoms with van der Waals surface area (Å²) in [6.07, 6.45) is 0.852. The van der Waals surface area contributed by atoms with E-state index in [-0.39, 0.29) is 11.8 Å². The molecule has 30 heavy (non-hydrogen) atoms. The third-order valence-corrected chi connectivity index (χ3v) is 4.68. The Balaban J connectivity index is 1.63.